The molecule has 50 heavy (non-hydrogen) atoms. The van der Waals surface area contributed by atoms with E-state index in [-0.39, 0.29) is 16.4 Å². The Morgan fingerprint density at radius 3 is 2.44 bits per heavy atom. The van der Waals surface area contributed by atoms with Crippen LogP contribution in [0.1, 0.15) is 33.9 Å². The van der Waals surface area contributed by atoms with Crippen LogP contribution in [0.5, 0.6) is 5.75 Å². The van der Waals surface area contributed by atoms with E-state index < -0.39 is 28.4 Å². The first-order valence-corrected chi connectivity index (χ1v) is 17.3. The van der Waals surface area contributed by atoms with Crippen LogP contribution in [0.2, 0.25) is 0 Å². The third kappa shape index (κ3) is 6.58. The number of carbonyl (C=O) groups is 2. The average Bonchev–Trinajstić information content (AvgIpc) is 3.71. The molecule has 5 aromatic carbocycles. The fourth-order valence-corrected chi connectivity index (χ4v) is 7.74. The van der Waals surface area contributed by atoms with Gasteiger partial charge in [0.15, 0.2) is 4.34 Å². The number of Topliss-reactive ketones (excluding diaryl/α,β-unsaturated/α-hetero) is 1. The van der Waals surface area contributed by atoms with Crippen LogP contribution in [-0.2, 0) is 21.9 Å². The molecule has 0 spiro atoms. The van der Waals surface area contributed by atoms with Crippen molar-refractivity contribution in [3.8, 4) is 5.75 Å². The second kappa shape index (κ2) is 13.9. The maximum atomic E-state index is 13.7. The Balaban J connectivity index is 1.19. The number of hydrogen-bond donors (Lipinski definition) is 1. The van der Waals surface area contributed by atoms with E-state index in [9.17, 15) is 24.8 Å². The van der Waals surface area contributed by atoms with Crippen molar-refractivity contribution >= 4 is 62.1 Å². The zero-order chi connectivity index (χ0) is 34.8. The Labute approximate surface area is 294 Å². The smallest absolute Gasteiger partial charge is 0.301 e. The quantitative estimate of drug-likeness (QED) is 0.0284. The summed E-state index contributed by atoms with van der Waals surface area (Å²) in [5.41, 5.74) is 3.59. The van der Waals surface area contributed by atoms with Crippen LogP contribution in [0.3, 0.4) is 0 Å². The van der Waals surface area contributed by atoms with E-state index in [2.05, 4.69) is 28.4 Å². The molecule has 1 saturated heterocycles. The second-order valence-corrected chi connectivity index (χ2v) is 13.8. The lowest BCUT2D eigenvalue weighted by molar-refractivity contribution is -0.384. The first-order chi connectivity index (χ1) is 24.3. The molecule has 1 atom stereocenters. The van der Waals surface area contributed by atoms with Crippen molar-refractivity contribution in [2.24, 2.45) is 0 Å². The van der Waals surface area contributed by atoms with Crippen molar-refractivity contribution in [3.63, 3.8) is 0 Å². The fraction of sp³-hybridized carbons (Fsp3) is 0.105. The van der Waals surface area contributed by atoms with Gasteiger partial charge in [0, 0.05) is 23.4 Å². The van der Waals surface area contributed by atoms with Crippen LogP contribution in [0, 0.1) is 17.0 Å². The summed E-state index contributed by atoms with van der Waals surface area (Å²) >= 11 is 2.60. The Bertz CT molecular complexity index is 2280. The maximum absolute atomic E-state index is 13.7. The highest BCUT2D eigenvalue weighted by atomic mass is 32.2. The number of aromatic nitrogens is 2. The minimum absolute atomic E-state index is 0.157. The molecule has 1 N–H and O–H groups in total. The number of ether oxygens (including phenoxy) is 1. The zero-order valence-corrected chi connectivity index (χ0v) is 28.2. The largest absolute Gasteiger partial charge is 0.507 e. The molecule has 248 valence electrons. The lowest BCUT2D eigenvalue weighted by Crippen LogP contribution is -2.29. The highest BCUT2D eigenvalue weighted by Gasteiger charge is 2.48. The summed E-state index contributed by atoms with van der Waals surface area (Å²) in [7, 11) is 0. The second-order valence-electron chi connectivity index (χ2n) is 11.6. The number of aryl methyl sites for hydroxylation is 1. The molecule has 10 nitrogen and oxygen atoms in total. The highest BCUT2D eigenvalue weighted by molar-refractivity contribution is 8.00. The van der Waals surface area contributed by atoms with Gasteiger partial charge in [-0.05, 0) is 70.8 Å². The predicted molar refractivity (Wildman–Crippen MR) is 193 cm³/mol. The van der Waals surface area contributed by atoms with Gasteiger partial charge in [-0.15, -0.1) is 10.2 Å². The Morgan fingerprint density at radius 2 is 1.68 bits per heavy atom. The molecule has 12 heteroatoms. The van der Waals surface area contributed by atoms with Crippen molar-refractivity contribution in [1.82, 2.24) is 10.2 Å². The monoisotopic (exact) mass is 700 g/mol. The van der Waals surface area contributed by atoms with Crippen molar-refractivity contribution in [2.75, 3.05) is 4.90 Å². The molecule has 1 aromatic heterocycles. The lowest BCUT2D eigenvalue weighted by Gasteiger charge is -2.22. The van der Waals surface area contributed by atoms with Gasteiger partial charge in [-0.3, -0.25) is 24.6 Å². The number of aliphatic hydroxyl groups is 1. The maximum Gasteiger partial charge on any atom is 0.301 e. The molecule has 0 saturated carbocycles. The molecule has 1 unspecified atom stereocenters. The van der Waals surface area contributed by atoms with Crippen LogP contribution in [0.15, 0.2) is 125 Å². The molecule has 0 radical (unpaired) electrons. The van der Waals surface area contributed by atoms with E-state index in [1.807, 2.05) is 55.5 Å². The van der Waals surface area contributed by atoms with Gasteiger partial charge in [0.25, 0.3) is 11.5 Å². The Morgan fingerprint density at radius 1 is 0.940 bits per heavy atom. The van der Waals surface area contributed by atoms with Gasteiger partial charge in [-0.25, -0.2) is 0 Å². The van der Waals surface area contributed by atoms with Gasteiger partial charge in [-0.2, -0.15) is 0 Å². The number of anilines is 1. The molecule has 1 aliphatic rings. The Kier molecular flexibility index (Phi) is 9.11. The van der Waals surface area contributed by atoms with E-state index in [0.717, 1.165) is 38.8 Å². The third-order valence-corrected chi connectivity index (χ3v) is 10.4. The van der Waals surface area contributed by atoms with Gasteiger partial charge < -0.3 is 9.84 Å². The van der Waals surface area contributed by atoms with E-state index in [4.69, 9.17) is 4.74 Å². The molecule has 7 rings (SSSR count). The third-order valence-electron chi connectivity index (χ3n) is 8.31. The summed E-state index contributed by atoms with van der Waals surface area (Å²) in [5, 5.41) is 34.0. The number of ketones is 1. The first kappa shape index (κ1) is 32.7. The van der Waals surface area contributed by atoms with Crippen molar-refractivity contribution in [3.05, 3.63) is 159 Å². The lowest BCUT2D eigenvalue weighted by atomic mass is 9.95. The number of hydrogen-bond acceptors (Lipinski definition) is 10. The van der Waals surface area contributed by atoms with E-state index in [0.29, 0.717) is 33.6 Å². The van der Waals surface area contributed by atoms with E-state index >= 15 is 0 Å². The molecule has 2 heterocycles. The SMILES string of the molecule is Cc1cccc(COc2ccc(/C(O)=C3\C(=O)C(=O)N(c4nnc(SCc5cccc6ccccc56)s4)C3c3ccc([N+](=O)[O-])cc3)cc2)c1. The number of nitro benzene ring substituents is 1. The van der Waals surface area contributed by atoms with Crippen LogP contribution < -0.4 is 9.64 Å². The summed E-state index contributed by atoms with van der Waals surface area (Å²) in [6.45, 7) is 2.35. The molecule has 0 aliphatic carbocycles. The number of amides is 1. The summed E-state index contributed by atoms with van der Waals surface area (Å²) in [4.78, 5) is 39.4. The number of thioether (sulfide) groups is 1. The van der Waals surface area contributed by atoms with Crippen LogP contribution in [-0.4, -0.2) is 31.9 Å². The van der Waals surface area contributed by atoms with Crippen LogP contribution in [0.25, 0.3) is 16.5 Å². The number of fused-ring (bicyclic) bond motifs is 1. The summed E-state index contributed by atoms with van der Waals surface area (Å²) in [6, 6.07) is 33.1. The number of benzene rings is 5. The van der Waals surface area contributed by atoms with E-state index in [1.165, 1.54) is 40.9 Å². The Hall–Kier alpha value is -5.85. The fourth-order valence-electron chi connectivity index (χ4n) is 5.87. The molecule has 1 amide bonds. The van der Waals surface area contributed by atoms with Gasteiger partial charge >= 0.3 is 5.91 Å². The molecular weight excluding hydrogens is 673 g/mol. The number of carbonyl (C=O) groups excluding carboxylic acids is 2. The van der Waals surface area contributed by atoms with Gasteiger partial charge in [0.05, 0.1) is 16.5 Å². The average molecular weight is 701 g/mol. The number of nitrogens with zero attached hydrogens (tertiary/aromatic N) is 4. The number of aliphatic hydroxyl groups excluding tert-OH is 1. The number of non-ortho nitro benzene ring substituents is 1. The van der Waals surface area contributed by atoms with Gasteiger partial charge in [0.2, 0.25) is 5.13 Å². The van der Waals surface area contributed by atoms with Crippen molar-refractivity contribution < 1.29 is 24.4 Å². The zero-order valence-electron chi connectivity index (χ0n) is 26.6. The summed E-state index contributed by atoms with van der Waals surface area (Å²) in [6.07, 6.45) is 0. The van der Waals surface area contributed by atoms with Crippen LogP contribution >= 0.6 is 23.1 Å². The molecule has 1 fully saturated rings. The van der Waals surface area contributed by atoms with Gasteiger partial charge in [-0.1, -0.05) is 95.4 Å². The topological polar surface area (TPSA) is 136 Å². The standard InChI is InChI=1S/C38H28N4O6S2/c1-23-6-4-7-24(20-23)21-48-30-18-14-27(15-19-30)34(43)32-33(26-12-16-29(17-13-26)42(46)47)41(36(45)35(32)44)37-39-40-38(50-37)49-22-28-10-5-9-25-8-2-3-11-31(25)28/h2-20,33,43H,21-22H2,1H3/b34-32+. The summed E-state index contributed by atoms with van der Waals surface area (Å²) in [5.74, 6) is -1.04. The number of rotatable bonds is 10. The molecular formula is C38H28N4O6S2. The van der Waals surface area contributed by atoms with Crippen LogP contribution in [0.4, 0.5) is 10.8 Å². The minimum atomic E-state index is -1.11. The number of nitro groups is 1. The summed E-state index contributed by atoms with van der Waals surface area (Å²) < 4.78 is 6.50. The normalized spacial score (nSPS) is 15.5. The predicted octanol–water partition coefficient (Wildman–Crippen LogP) is 8.41. The minimum Gasteiger partial charge on any atom is -0.507 e. The van der Waals surface area contributed by atoms with Crippen molar-refractivity contribution in [2.45, 2.75) is 29.7 Å². The molecule has 6 aromatic rings. The van der Waals surface area contributed by atoms with Gasteiger partial charge in [0.1, 0.15) is 18.1 Å². The highest BCUT2D eigenvalue weighted by Crippen LogP contribution is 2.44. The molecule has 0 bridgehead atoms. The van der Waals surface area contributed by atoms with Crippen molar-refractivity contribution in [1.29, 1.82) is 0 Å². The van der Waals surface area contributed by atoms with E-state index in [1.54, 1.807) is 24.3 Å². The first-order valence-electron chi connectivity index (χ1n) is 15.5. The molecule has 1 aliphatic heterocycles.